The van der Waals surface area contributed by atoms with Crippen LogP contribution in [0.4, 0.5) is 5.69 Å². The van der Waals surface area contributed by atoms with Crippen molar-refractivity contribution in [2.24, 2.45) is 0 Å². The predicted octanol–water partition coefficient (Wildman–Crippen LogP) is 1.13. The molecule has 2 rings (SSSR count). The summed E-state index contributed by atoms with van der Waals surface area (Å²) in [6.07, 6.45) is 2.72. The number of likely N-dealkylation sites (N-methyl/N-ethyl adjacent to an activating group) is 1. The van der Waals surface area contributed by atoms with Crippen LogP contribution in [0.2, 0.25) is 0 Å². The van der Waals surface area contributed by atoms with Gasteiger partial charge in [-0.2, -0.15) is 0 Å². The summed E-state index contributed by atoms with van der Waals surface area (Å²) in [7, 11) is 1.69. The summed E-state index contributed by atoms with van der Waals surface area (Å²) in [6, 6.07) is 3.56. The van der Waals surface area contributed by atoms with E-state index in [1.54, 1.807) is 19.3 Å². The van der Waals surface area contributed by atoms with Crippen molar-refractivity contribution in [3.05, 3.63) is 24.0 Å². The summed E-state index contributed by atoms with van der Waals surface area (Å²) in [4.78, 5) is 18.1. The Morgan fingerprint density at radius 1 is 1.52 bits per heavy atom. The lowest BCUT2D eigenvalue weighted by Crippen LogP contribution is -2.47. The Morgan fingerprint density at radius 2 is 2.24 bits per heavy atom. The normalized spacial score (nSPS) is 17.3. The molecule has 0 spiro atoms. The number of hydrogen-bond donors (Lipinski definition) is 2. The average molecular weight is 293 g/mol. The highest BCUT2D eigenvalue weighted by Gasteiger charge is 2.32. The average Bonchev–Trinajstić information content (AvgIpc) is 2.47. The summed E-state index contributed by atoms with van der Waals surface area (Å²) in [5.74, 6) is -0.185. The first-order valence-electron chi connectivity index (χ1n) is 7.29. The summed E-state index contributed by atoms with van der Waals surface area (Å²) < 4.78 is 5.25. The number of anilines is 1. The van der Waals surface area contributed by atoms with Gasteiger partial charge in [0.2, 0.25) is 0 Å². The molecular weight excluding hydrogens is 270 g/mol. The molecule has 2 N–H and O–H groups in total. The molecule has 1 fully saturated rings. The van der Waals surface area contributed by atoms with Gasteiger partial charge in [0.25, 0.3) is 5.91 Å². The zero-order valence-electron chi connectivity index (χ0n) is 12.6. The van der Waals surface area contributed by atoms with Gasteiger partial charge in [0.05, 0.1) is 5.60 Å². The van der Waals surface area contributed by atoms with Crippen molar-refractivity contribution >= 4 is 11.6 Å². The summed E-state index contributed by atoms with van der Waals surface area (Å²) in [6.45, 7) is 4.14. The zero-order valence-corrected chi connectivity index (χ0v) is 12.6. The molecule has 2 heterocycles. The van der Waals surface area contributed by atoms with Crippen LogP contribution in [0.1, 0.15) is 30.3 Å². The standard InChI is InChI=1S/C15H23N3O3/c1-3-16-12-4-7-17-13(10-12)14(19)18(2)11-15(20)5-8-21-9-6-15/h4,7,10,20H,3,5-6,8-9,11H2,1-2H3,(H,16,17). The highest BCUT2D eigenvalue weighted by atomic mass is 16.5. The molecule has 0 bridgehead atoms. The van der Waals surface area contributed by atoms with Gasteiger partial charge in [-0.3, -0.25) is 9.78 Å². The van der Waals surface area contributed by atoms with E-state index in [0.29, 0.717) is 38.3 Å². The van der Waals surface area contributed by atoms with Crippen LogP contribution in [0.5, 0.6) is 0 Å². The molecule has 0 unspecified atom stereocenters. The van der Waals surface area contributed by atoms with Crippen LogP contribution in [0.15, 0.2) is 18.3 Å². The van der Waals surface area contributed by atoms with Gasteiger partial charge in [-0.05, 0) is 19.1 Å². The number of hydrogen-bond acceptors (Lipinski definition) is 5. The van der Waals surface area contributed by atoms with Crippen molar-refractivity contribution in [2.45, 2.75) is 25.4 Å². The number of aliphatic hydroxyl groups is 1. The fourth-order valence-corrected chi connectivity index (χ4v) is 2.48. The minimum atomic E-state index is -0.859. The van der Waals surface area contributed by atoms with Gasteiger partial charge in [0, 0.05) is 58.1 Å². The minimum absolute atomic E-state index is 0.185. The SMILES string of the molecule is CCNc1ccnc(C(=O)N(C)CC2(O)CCOCC2)c1. The molecule has 0 radical (unpaired) electrons. The second-order valence-corrected chi connectivity index (χ2v) is 5.46. The highest BCUT2D eigenvalue weighted by molar-refractivity contribution is 5.93. The van der Waals surface area contributed by atoms with E-state index in [0.717, 1.165) is 12.2 Å². The van der Waals surface area contributed by atoms with E-state index in [4.69, 9.17) is 4.74 Å². The molecule has 1 aromatic heterocycles. The lowest BCUT2D eigenvalue weighted by molar-refractivity contribution is -0.0734. The minimum Gasteiger partial charge on any atom is -0.388 e. The van der Waals surface area contributed by atoms with Crippen molar-refractivity contribution in [2.75, 3.05) is 38.7 Å². The molecule has 0 aromatic carbocycles. The molecule has 0 saturated carbocycles. The number of carbonyl (C=O) groups is 1. The number of rotatable bonds is 5. The van der Waals surface area contributed by atoms with Crippen LogP contribution < -0.4 is 5.32 Å². The van der Waals surface area contributed by atoms with Crippen LogP contribution in [-0.2, 0) is 4.74 Å². The lowest BCUT2D eigenvalue weighted by Gasteiger charge is -2.35. The van der Waals surface area contributed by atoms with E-state index >= 15 is 0 Å². The first-order valence-corrected chi connectivity index (χ1v) is 7.29. The quantitative estimate of drug-likeness (QED) is 0.851. The predicted molar refractivity (Wildman–Crippen MR) is 80.4 cm³/mol. The van der Waals surface area contributed by atoms with Gasteiger partial charge in [-0.25, -0.2) is 0 Å². The molecule has 1 saturated heterocycles. The molecule has 0 aliphatic carbocycles. The molecule has 1 aromatic rings. The number of aromatic nitrogens is 1. The van der Waals surface area contributed by atoms with Crippen LogP contribution in [0.25, 0.3) is 0 Å². The van der Waals surface area contributed by atoms with Crippen LogP contribution in [0.3, 0.4) is 0 Å². The van der Waals surface area contributed by atoms with E-state index in [-0.39, 0.29) is 5.91 Å². The monoisotopic (exact) mass is 293 g/mol. The fourth-order valence-electron chi connectivity index (χ4n) is 2.48. The maximum absolute atomic E-state index is 12.4. The van der Waals surface area contributed by atoms with Crippen molar-refractivity contribution in [1.82, 2.24) is 9.88 Å². The number of nitrogens with one attached hydrogen (secondary N) is 1. The zero-order chi connectivity index (χ0) is 15.3. The van der Waals surface area contributed by atoms with Gasteiger partial charge in [0.15, 0.2) is 0 Å². The van der Waals surface area contributed by atoms with Gasteiger partial charge in [-0.15, -0.1) is 0 Å². The number of pyridine rings is 1. The number of amides is 1. The van der Waals surface area contributed by atoms with Crippen LogP contribution in [-0.4, -0.2) is 59.8 Å². The molecule has 1 aliphatic heterocycles. The molecule has 21 heavy (non-hydrogen) atoms. The van der Waals surface area contributed by atoms with E-state index < -0.39 is 5.60 Å². The van der Waals surface area contributed by atoms with E-state index in [1.807, 2.05) is 13.0 Å². The Kier molecular flexibility index (Phi) is 5.14. The van der Waals surface area contributed by atoms with Crippen molar-refractivity contribution in [3.63, 3.8) is 0 Å². The van der Waals surface area contributed by atoms with E-state index in [1.165, 1.54) is 4.90 Å². The van der Waals surface area contributed by atoms with E-state index in [2.05, 4.69) is 10.3 Å². The third kappa shape index (κ3) is 4.15. The molecule has 116 valence electrons. The molecule has 6 nitrogen and oxygen atoms in total. The fraction of sp³-hybridized carbons (Fsp3) is 0.600. The highest BCUT2D eigenvalue weighted by Crippen LogP contribution is 2.22. The Labute approximate surface area is 125 Å². The van der Waals surface area contributed by atoms with Gasteiger partial charge in [-0.1, -0.05) is 0 Å². The lowest BCUT2D eigenvalue weighted by atomic mass is 9.94. The van der Waals surface area contributed by atoms with Crippen molar-refractivity contribution in [3.8, 4) is 0 Å². The van der Waals surface area contributed by atoms with Crippen LogP contribution in [0, 0.1) is 0 Å². The number of ether oxygens (including phenoxy) is 1. The van der Waals surface area contributed by atoms with Crippen molar-refractivity contribution in [1.29, 1.82) is 0 Å². The molecular formula is C15H23N3O3. The Morgan fingerprint density at radius 3 is 2.90 bits per heavy atom. The smallest absolute Gasteiger partial charge is 0.272 e. The summed E-state index contributed by atoms with van der Waals surface area (Å²) in [5, 5.41) is 13.6. The Balaban J connectivity index is 2.03. The summed E-state index contributed by atoms with van der Waals surface area (Å²) >= 11 is 0. The molecule has 6 heteroatoms. The number of carbonyl (C=O) groups excluding carboxylic acids is 1. The topological polar surface area (TPSA) is 74.7 Å². The molecule has 1 amide bonds. The maximum Gasteiger partial charge on any atom is 0.272 e. The largest absolute Gasteiger partial charge is 0.388 e. The number of nitrogens with zero attached hydrogens (tertiary/aromatic N) is 2. The summed E-state index contributed by atoms with van der Waals surface area (Å²) in [5.41, 5.74) is 0.391. The first-order chi connectivity index (χ1) is 10.0. The van der Waals surface area contributed by atoms with Gasteiger partial charge >= 0.3 is 0 Å². The van der Waals surface area contributed by atoms with Crippen molar-refractivity contribution < 1.29 is 14.6 Å². The maximum atomic E-state index is 12.4. The van der Waals surface area contributed by atoms with E-state index in [9.17, 15) is 9.90 Å². The second kappa shape index (κ2) is 6.87. The first kappa shape index (κ1) is 15.7. The van der Waals surface area contributed by atoms with Crippen LogP contribution >= 0.6 is 0 Å². The second-order valence-electron chi connectivity index (χ2n) is 5.46. The molecule has 1 aliphatic rings. The molecule has 0 atom stereocenters. The third-order valence-electron chi connectivity index (χ3n) is 3.66. The van der Waals surface area contributed by atoms with Gasteiger partial charge in [0.1, 0.15) is 5.69 Å². The third-order valence-corrected chi connectivity index (χ3v) is 3.66. The Bertz CT molecular complexity index is 487. The van der Waals surface area contributed by atoms with Gasteiger partial charge < -0.3 is 20.1 Å². The Hall–Kier alpha value is -1.66.